The molecule has 1 saturated heterocycles. The van der Waals surface area contributed by atoms with Crippen molar-refractivity contribution in [2.75, 3.05) is 18.4 Å². The summed E-state index contributed by atoms with van der Waals surface area (Å²) in [6, 6.07) is 20.6. The second-order valence-electron chi connectivity index (χ2n) is 8.20. The minimum atomic E-state index is -3.52. The van der Waals surface area contributed by atoms with E-state index in [2.05, 4.69) is 5.32 Å². The first-order valence-electron chi connectivity index (χ1n) is 11.3. The maximum atomic E-state index is 12.9. The fraction of sp³-hybridized carbons (Fsp3) is 0.269. The molecule has 0 aromatic heterocycles. The Morgan fingerprint density at radius 3 is 2.18 bits per heavy atom. The lowest BCUT2D eigenvalue weighted by Crippen LogP contribution is -2.31. The Hall–Kier alpha value is -2.87. The smallest absolute Gasteiger partial charge is 0.255 e. The van der Waals surface area contributed by atoms with Gasteiger partial charge in [-0.1, -0.05) is 42.6 Å². The number of amides is 1. The highest BCUT2D eigenvalue weighted by Gasteiger charge is 2.25. The number of sulfonamides is 1. The minimum absolute atomic E-state index is 0.243. The van der Waals surface area contributed by atoms with Crippen LogP contribution in [-0.2, 0) is 16.6 Å². The number of carbonyl (C=O) groups excluding carboxylic acids is 1. The second-order valence-corrected chi connectivity index (χ2v) is 10.5. The van der Waals surface area contributed by atoms with Crippen LogP contribution >= 0.6 is 11.6 Å². The SMILES string of the molecule is O=C(Nc1ccc(S(=O)(=O)N2CCCCCC2)cc1)c1ccc(OCc2ccccc2Cl)cc1. The summed E-state index contributed by atoms with van der Waals surface area (Å²) in [4.78, 5) is 12.9. The van der Waals surface area contributed by atoms with Gasteiger partial charge in [0.1, 0.15) is 12.4 Å². The molecule has 0 atom stereocenters. The Kier molecular flexibility index (Phi) is 7.88. The van der Waals surface area contributed by atoms with Crippen molar-refractivity contribution in [1.82, 2.24) is 4.31 Å². The lowest BCUT2D eigenvalue weighted by molar-refractivity contribution is 0.102. The first-order chi connectivity index (χ1) is 16.4. The second kappa shape index (κ2) is 11.0. The van der Waals surface area contributed by atoms with E-state index in [-0.39, 0.29) is 10.8 Å². The molecule has 6 nitrogen and oxygen atoms in total. The lowest BCUT2D eigenvalue weighted by Gasteiger charge is -2.20. The van der Waals surface area contributed by atoms with Crippen molar-refractivity contribution in [3.63, 3.8) is 0 Å². The molecule has 1 N–H and O–H groups in total. The summed E-state index contributed by atoms with van der Waals surface area (Å²) in [7, 11) is -3.52. The van der Waals surface area contributed by atoms with Gasteiger partial charge in [0.15, 0.2) is 0 Å². The molecule has 0 unspecified atom stereocenters. The van der Waals surface area contributed by atoms with Crippen LogP contribution in [0, 0.1) is 0 Å². The number of rotatable bonds is 7. The average molecular weight is 499 g/mol. The van der Waals surface area contributed by atoms with Crippen molar-refractivity contribution >= 4 is 33.2 Å². The molecule has 4 rings (SSSR count). The zero-order valence-corrected chi connectivity index (χ0v) is 20.3. The first kappa shape index (κ1) is 24.3. The summed E-state index contributed by atoms with van der Waals surface area (Å²) in [5.41, 5.74) is 1.87. The Balaban J connectivity index is 1.35. The van der Waals surface area contributed by atoms with Crippen molar-refractivity contribution in [2.45, 2.75) is 37.2 Å². The van der Waals surface area contributed by atoms with Gasteiger partial charge in [0, 0.05) is 34.9 Å². The molecule has 0 aliphatic carbocycles. The highest BCUT2D eigenvalue weighted by Crippen LogP contribution is 2.23. The maximum Gasteiger partial charge on any atom is 0.255 e. The van der Waals surface area contributed by atoms with E-state index in [0.29, 0.717) is 41.7 Å². The molecule has 8 heteroatoms. The fourth-order valence-electron chi connectivity index (χ4n) is 3.82. The predicted molar refractivity (Wildman–Crippen MR) is 134 cm³/mol. The van der Waals surface area contributed by atoms with Crippen LogP contribution in [0.5, 0.6) is 5.75 Å². The van der Waals surface area contributed by atoms with Gasteiger partial charge in [-0.25, -0.2) is 8.42 Å². The number of benzene rings is 3. The largest absolute Gasteiger partial charge is 0.489 e. The lowest BCUT2D eigenvalue weighted by atomic mass is 10.2. The molecule has 1 amide bonds. The monoisotopic (exact) mass is 498 g/mol. The van der Waals surface area contributed by atoms with Gasteiger partial charge in [-0.3, -0.25) is 4.79 Å². The van der Waals surface area contributed by atoms with Crippen LogP contribution in [0.3, 0.4) is 0 Å². The molecule has 0 radical (unpaired) electrons. The maximum absolute atomic E-state index is 12.9. The number of ether oxygens (including phenoxy) is 1. The Bertz CT molecular complexity index is 1220. The fourth-order valence-corrected chi connectivity index (χ4v) is 5.53. The Morgan fingerprint density at radius 1 is 0.882 bits per heavy atom. The predicted octanol–water partition coefficient (Wildman–Crippen LogP) is 5.74. The van der Waals surface area contributed by atoms with E-state index in [1.165, 1.54) is 0 Å². The van der Waals surface area contributed by atoms with E-state index >= 15 is 0 Å². The Morgan fingerprint density at radius 2 is 1.53 bits per heavy atom. The zero-order chi connectivity index (χ0) is 24.0. The van der Waals surface area contributed by atoms with Crippen LogP contribution in [0.2, 0.25) is 5.02 Å². The van der Waals surface area contributed by atoms with Gasteiger partial charge in [0.05, 0.1) is 4.90 Å². The zero-order valence-electron chi connectivity index (χ0n) is 18.7. The summed E-state index contributed by atoms with van der Waals surface area (Å²) in [5.74, 6) is 0.334. The highest BCUT2D eigenvalue weighted by molar-refractivity contribution is 7.89. The van der Waals surface area contributed by atoms with Crippen molar-refractivity contribution < 1.29 is 17.9 Å². The third kappa shape index (κ3) is 5.97. The Labute approximate surface area is 205 Å². The molecule has 3 aromatic rings. The number of carbonyl (C=O) groups is 1. The van der Waals surface area contributed by atoms with E-state index in [0.717, 1.165) is 31.2 Å². The molecular formula is C26H27ClN2O4S. The summed E-state index contributed by atoms with van der Waals surface area (Å²) < 4.78 is 33.1. The highest BCUT2D eigenvalue weighted by atomic mass is 35.5. The van der Waals surface area contributed by atoms with Crippen molar-refractivity contribution in [1.29, 1.82) is 0 Å². The van der Waals surface area contributed by atoms with Gasteiger partial charge in [-0.2, -0.15) is 4.31 Å². The molecule has 178 valence electrons. The van der Waals surface area contributed by atoms with E-state index in [9.17, 15) is 13.2 Å². The molecule has 1 heterocycles. The molecule has 0 spiro atoms. The van der Waals surface area contributed by atoms with Crippen LogP contribution < -0.4 is 10.1 Å². The average Bonchev–Trinajstić information content (AvgIpc) is 3.15. The summed E-state index contributed by atoms with van der Waals surface area (Å²) in [5, 5.41) is 3.45. The number of halogens is 1. The molecule has 1 fully saturated rings. The van der Waals surface area contributed by atoms with Crippen LogP contribution in [0.25, 0.3) is 0 Å². The van der Waals surface area contributed by atoms with Gasteiger partial charge in [-0.05, 0) is 67.4 Å². The van der Waals surface area contributed by atoms with E-state index in [1.54, 1.807) is 52.8 Å². The number of nitrogens with zero attached hydrogens (tertiary/aromatic N) is 1. The standard InChI is InChI=1S/C26H27ClN2O4S/c27-25-8-4-3-7-21(25)19-33-23-13-9-20(10-14-23)26(30)28-22-11-15-24(16-12-22)34(31,32)29-17-5-1-2-6-18-29/h3-4,7-16H,1-2,5-6,17-19H2,(H,28,30). The summed E-state index contributed by atoms with van der Waals surface area (Å²) in [6.07, 6.45) is 3.89. The van der Waals surface area contributed by atoms with E-state index in [4.69, 9.17) is 16.3 Å². The van der Waals surface area contributed by atoms with Gasteiger partial charge >= 0.3 is 0 Å². The quantitative estimate of drug-likeness (QED) is 0.451. The van der Waals surface area contributed by atoms with Crippen molar-refractivity contribution in [2.24, 2.45) is 0 Å². The summed E-state index contributed by atoms with van der Waals surface area (Å²) >= 11 is 6.15. The van der Waals surface area contributed by atoms with Gasteiger partial charge in [0.2, 0.25) is 10.0 Å². The van der Waals surface area contributed by atoms with Crippen LogP contribution in [0.1, 0.15) is 41.6 Å². The third-order valence-corrected chi connectivity index (χ3v) is 8.07. The number of nitrogens with one attached hydrogen (secondary N) is 1. The van der Waals surface area contributed by atoms with E-state index in [1.807, 2.05) is 24.3 Å². The number of hydrogen-bond acceptors (Lipinski definition) is 4. The molecule has 1 aliphatic rings. The van der Waals surface area contributed by atoms with Gasteiger partial charge < -0.3 is 10.1 Å². The number of hydrogen-bond donors (Lipinski definition) is 1. The summed E-state index contributed by atoms with van der Waals surface area (Å²) in [6.45, 7) is 1.44. The van der Waals surface area contributed by atoms with Gasteiger partial charge in [0.25, 0.3) is 5.91 Å². The first-order valence-corrected chi connectivity index (χ1v) is 13.1. The molecule has 0 saturated carbocycles. The van der Waals surface area contributed by atoms with Crippen molar-refractivity contribution in [3.05, 3.63) is 88.9 Å². The third-order valence-electron chi connectivity index (χ3n) is 5.78. The molecule has 34 heavy (non-hydrogen) atoms. The van der Waals surface area contributed by atoms with Crippen LogP contribution in [-0.4, -0.2) is 31.7 Å². The number of anilines is 1. The van der Waals surface area contributed by atoms with E-state index < -0.39 is 10.0 Å². The van der Waals surface area contributed by atoms with Crippen LogP contribution in [0.15, 0.2) is 77.7 Å². The normalized spacial score (nSPS) is 14.9. The molecular weight excluding hydrogens is 472 g/mol. The molecule has 3 aromatic carbocycles. The minimum Gasteiger partial charge on any atom is -0.489 e. The van der Waals surface area contributed by atoms with Crippen molar-refractivity contribution in [3.8, 4) is 5.75 Å². The molecule has 0 bridgehead atoms. The molecule has 1 aliphatic heterocycles. The topological polar surface area (TPSA) is 75.7 Å². The van der Waals surface area contributed by atoms with Crippen LogP contribution in [0.4, 0.5) is 5.69 Å². The van der Waals surface area contributed by atoms with Gasteiger partial charge in [-0.15, -0.1) is 0 Å².